The Bertz CT molecular complexity index is 199. The average Bonchev–Trinajstić information content (AvgIpc) is 2.00. The summed E-state index contributed by atoms with van der Waals surface area (Å²) < 4.78 is 0. The maximum absolute atomic E-state index is 11.3. The van der Waals surface area contributed by atoms with Gasteiger partial charge in [0.05, 0.1) is 0 Å². The Balaban J connectivity index is 4.78. The molecule has 0 atom stereocenters. The summed E-state index contributed by atoms with van der Waals surface area (Å²) in [5, 5.41) is 0. The van der Waals surface area contributed by atoms with Gasteiger partial charge >= 0.3 is 0 Å². The molecule has 1 amide bonds. The van der Waals surface area contributed by atoms with Crippen LogP contribution >= 0.6 is 0 Å². The summed E-state index contributed by atoms with van der Waals surface area (Å²) in [4.78, 5) is 22.4. The zero-order valence-electron chi connectivity index (χ0n) is 9.54. The van der Waals surface area contributed by atoms with Crippen LogP contribution < -0.4 is 5.73 Å². The molecule has 14 heavy (non-hydrogen) atoms. The molecule has 0 fully saturated rings. The molecule has 0 heterocycles. The first kappa shape index (κ1) is 13.1. The van der Waals surface area contributed by atoms with Crippen molar-refractivity contribution in [2.75, 3.05) is 0 Å². The second-order valence-electron chi connectivity index (χ2n) is 4.83. The third kappa shape index (κ3) is 3.48. The zero-order valence-corrected chi connectivity index (χ0v) is 9.54. The third-order valence-electron chi connectivity index (χ3n) is 2.26. The third-order valence-corrected chi connectivity index (χ3v) is 2.26. The Hall–Kier alpha value is -0.860. The lowest BCUT2D eigenvalue weighted by Crippen LogP contribution is -2.40. The molecular formula is C11H21NO2. The smallest absolute Gasteiger partial charge is 0.230 e. The van der Waals surface area contributed by atoms with Crippen molar-refractivity contribution in [1.29, 1.82) is 0 Å². The molecule has 0 radical (unpaired) electrons. The lowest BCUT2D eigenvalue weighted by atomic mass is 9.75. The maximum Gasteiger partial charge on any atom is 0.230 e. The molecule has 3 nitrogen and oxygen atoms in total. The molecular weight excluding hydrogens is 178 g/mol. The first-order valence-corrected chi connectivity index (χ1v) is 5.10. The van der Waals surface area contributed by atoms with Gasteiger partial charge in [0.25, 0.3) is 0 Å². The van der Waals surface area contributed by atoms with Crippen LogP contribution in [0.15, 0.2) is 0 Å². The van der Waals surface area contributed by atoms with Crippen LogP contribution in [0.1, 0.15) is 40.5 Å². The highest BCUT2D eigenvalue weighted by atomic mass is 16.2. The van der Waals surface area contributed by atoms with Crippen LogP contribution in [-0.2, 0) is 9.59 Å². The van der Waals surface area contributed by atoms with Crippen molar-refractivity contribution >= 4 is 12.2 Å². The molecule has 0 saturated heterocycles. The van der Waals surface area contributed by atoms with E-state index in [1.165, 1.54) is 0 Å². The fourth-order valence-corrected chi connectivity index (χ4v) is 1.90. The van der Waals surface area contributed by atoms with E-state index >= 15 is 0 Å². The quantitative estimate of drug-likeness (QED) is 0.523. The van der Waals surface area contributed by atoms with Crippen LogP contribution in [0, 0.1) is 17.3 Å². The van der Waals surface area contributed by atoms with Gasteiger partial charge in [-0.25, -0.2) is 0 Å². The fourth-order valence-electron chi connectivity index (χ4n) is 1.90. The van der Waals surface area contributed by atoms with Gasteiger partial charge in [-0.05, 0) is 24.7 Å². The Morgan fingerprint density at radius 3 is 1.71 bits per heavy atom. The summed E-state index contributed by atoms with van der Waals surface area (Å²) >= 11 is 0. The van der Waals surface area contributed by atoms with E-state index in [9.17, 15) is 9.59 Å². The Labute approximate surface area is 86.1 Å². The number of amides is 1. The Morgan fingerprint density at radius 2 is 1.57 bits per heavy atom. The molecule has 0 rings (SSSR count). The highest BCUT2D eigenvalue weighted by molar-refractivity contribution is 5.95. The molecule has 0 unspecified atom stereocenters. The Kier molecular flexibility index (Phi) is 4.81. The van der Waals surface area contributed by atoms with Gasteiger partial charge in [-0.15, -0.1) is 0 Å². The second-order valence-corrected chi connectivity index (χ2v) is 4.83. The largest absolute Gasteiger partial charge is 0.369 e. The number of hydrogen-bond acceptors (Lipinski definition) is 2. The average molecular weight is 199 g/mol. The standard InChI is InChI=1S/C11H21NO2/c1-8(2)5-11(7-13,10(12)14)6-9(3)4/h7-9H,5-6H2,1-4H3,(H2,12,14). The van der Waals surface area contributed by atoms with Crippen LogP contribution in [0.25, 0.3) is 0 Å². The zero-order chi connectivity index (χ0) is 11.4. The molecule has 2 N–H and O–H groups in total. The van der Waals surface area contributed by atoms with Gasteiger partial charge < -0.3 is 10.5 Å². The van der Waals surface area contributed by atoms with E-state index < -0.39 is 11.3 Å². The number of rotatable bonds is 6. The van der Waals surface area contributed by atoms with Gasteiger partial charge in [0.1, 0.15) is 11.7 Å². The van der Waals surface area contributed by atoms with E-state index in [-0.39, 0.29) is 0 Å². The van der Waals surface area contributed by atoms with Crippen molar-refractivity contribution in [3.05, 3.63) is 0 Å². The minimum atomic E-state index is -0.956. The lowest BCUT2D eigenvalue weighted by molar-refractivity contribution is -0.136. The van der Waals surface area contributed by atoms with E-state index in [0.717, 1.165) is 6.29 Å². The highest BCUT2D eigenvalue weighted by Gasteiger charge is 2.37. The molecule has 0 aliphatic heterocycles. The monoisotopic (exact) mass is 199 g/mol. The molecule has 0 aromatic carbocycles. The van der Waals surface area contributed by atoms with E-state index in [1.54, 1.807) is 0 Å². The molecule has 0 saturated carbocycles. The lowest BCUT2D eigenvalue weighted by Gasteiger charge is -2.27. The van der Waals surface area contributed by atoms with Crippen molar-refractivity contribution in [1.82, 2.24) is 0 Å². The van der Waals surface area contributed by atoms with Crippen molar-refractivity contribution in [2.45, 2.75) is 40.5 Å². The summed E-state index contributed by atoms with van der Waals surface area (Å²) in [6, 6.07) is 0. The molecule has 82 valence electrons. The van der Waals surface area contributed by atoms with Crippen molar-refractivity contribution in [2.24, 2.45) is 23.0 Å². The van der Waals surface area contributed by atoms with Gasteiger partial charge in [0, 0.05) is 0 Å². The van der Waals surface area contributed by atoms with Crippen molar-refractivity contribution < 1.29 is 9.59 Å². The fraction of sp³-hybridized carbons (Fsp3) is 0.818. The van der Waals surface area contributed by atoms with Gasteiger partial charge in [0.2, 0.25) is 5.91 Å². The molecule has 3 heteroatoms. The van der Waals surface area contributed by atoms with E-state index in [4.69, 9.17) is 5.73 Å². The van der Waals surface area contributed by atoms with Gasteiger partial charge in [-0.2, -0.15) is 0 Å². The molecule has 0 bridgehead atoms. The maximum atomic E-state index is 11.3. The summed E-state index contributed by atoms with van der Waals surface area (Å²) in [5.74, 6) is 0.104. The minimum absolute atomic E-state index is 0.298. The number of nitrogens with two attached hydrogens (primary N) is 1. The second kappa shape index (κ2) is 5.13. The number of hydrogen-bond donors (Lipinski definition) is 1. The SMILES string of the molecule is CC(C)CC(C=O)(CC(C)C)C(N)=O. The van der Waals surface area contributed by atoms with Gasteiger partial charge in [-0.3, -0.25) is 4.79 Å². The predicted molar refractivity (Wildman–Crippen MR) is 56.6 cm³/mol. The number of carbonyl (C=O) groups is 2. The van der Waals surface area contributed by atoms with E-state index in [2.05, 4.69) is 0 Å². The Morgan fingerprint density at radius 1 is 1.21 bits per heavy atom. The summed E-state index contributed by atoms with van der Waals surface area (Å²) in [7, 11) is 0. The van der Waals surface area contributed by atoms with Crippen LogP contribution in [0.3, 0.4) is 0 Å². The molecule has 0 spiro atoms. The van der Waals surface area contributed by atoms with Crippen molar-refractivity contribution in [3.63, 3.8) is 0 Å². The predicted octanol–water partition coefficient (Wildman–Crippen LogP) is 1.75. The number of aldehydes is 1. The van der Waals surface area contributed by atoms with Crippen LogP contribution in [-0.4, -0.2) is 12.2 Å². The molecule has 0 aromatic heterocycles. The first-order valence-electron chi connectivity index (χ1n) is 5.10. The normalized spacial score (nSPS) is 12.1. The minimum Gasteiger partial charge on any atom is -0.369 e. The van der Waals surface area contributed by atoms with Gasteiger partial charge in [-0.1, -0.05) is 27.7 Å². The number of carbonyl (C=O) groups excluding carboxylic acids is 2. The first-order chi connectivity index (χ1) is 6.34. The number of primary amides is 1. The summed E-state index contributed by atoms with van der Waals surface area (Å²) in [5.41, 5.74) is 4.35. The molecule has 0 aliphatic carbocycles. The van der Waals surface area contributed by atoms with E-state index in [0.29, 0.717) is 24.7 Å². The van der Waals surface area contributed by atoms with Crippen LogP contribution in [0.2, 0.25) is 0 Å². The molecule has 0 aromatic rings. The van der Waals surface area contributed by atoms with Crippen LogP contribution in [0.5, 0.6) is 0 Å². The topological polar surface area (TPSA) is 60.2 Å². The summed E-state index contributed by atoms with van der Waals surface area (Å²) in [6.45, 7) is 7.95. The van der Waals surface area contributed by atoms with Crippen LogP contribution in [0.4, 0.5) is 0 Å². The van der Waals surface area contributed by atoms with E-state index in [1.807, 2.05) is 27.7 Å². The van der Waals surface area contributed by atoms with Gasteiger partial charge in [0.15, 0.2) is 0 Å². The summed E-state index contributed by atoms with van der Waals surface area (Å²) in [6.07, 6.45) is 1.82. The molecule has 0 aliphatic rings. The highest BCUT2D eigenvalue weighted by Crippen LogP contribution is 2.31. The van der Waals surface area contributed by atoms with Crippen molar-refractivity contribution in [3.8, 4) is 0 Å².